The summed E-state index contributed by atoms with van der Waals surface area (Å²) in [4.78, 5) is 24.3. The molecule has 1 aromatic heterocycles. The summed E-state index contributed by atoms with van der Waals surface area (Å²) in [7, 11) is 1.59. The molecule has 0 saturated carbocycles. The Balaban J connectivity index is 0.00000192. The lowest BCUT2D eigenvalue weighted by atomic mass is 10.1. The number of carbonyl (C=O) groups excluding carboxylic acids is 1. The number of ether oxygens (including phenoxy) is 1. The average molecular weight is 359 g/mol. The number of carbonyl (C=O) groups is 1. The number of hydrogen-bond donors (Lipinski definition) is 2. The first kappa shape index (κ1) is 17.7. The number of nitrogens with one attached hydrogen (secondary N) is 2. The van der Waals surface area contributed by atoms with E-state index in [0.717, 1.165) is 0 Å². The zero-order chi connectivity index (χ0) is 15.7. The molecule has 0 bridgehead atoms. The molecule has 0 radical (unpaired) electrons. The molecular weight excluding hydrogens is 343 g/mol. The summed E-state index contributed by atoms with van der Waals surface area (Å²) in [6, 6.07) is 6.17. The third kappa shape index (κ3) is 3.67. The number of rotatable bonds is 3. The van der Waals surface area contributed by atoms with Crippen molar-refractivity contribution in [1.29, 1.82) is 0 Å². The molecule has 1 amide bonds. The van der Waals surface area contributed by atoms with Crippen molar-refractivity contribution in [3.63, 3.8) is 0 Å². The lowest BCUT2D eigenvalue weighted by Gasteiger charge is -2.18. The molecule has 23 heavy (non-hydrogen) atoms. The molecule has 1 saturated heterocycles. The average Bonchev–Trinajstić information content (AvgIpc) is 2.94. The van der Waals surface area contributed by atoms with Crippen molar-refractivity contribution in [2.45, 2.75) is 12.1 Å². The molecule has 0 unspecified atom stereocenters. The van der Waals surface area contributed by atoms with Crippen LogP contribution in [0.15, 0.2) is 33.5 Å². The highest BCUT2D eigenvalue weighted by Crippen LogP contribution is 2.19. The quantitative estimate of drug-likeness (QED) is 0.814. The van der Waals surface area contributed by atoms with E-state index in [1.54, 1.807) is 25.3 Å². The number of methoxy groups -OCH3 is 1. The smallest absolute Gasteiger partial charge is 0.349 e. The highest BCUT2D eigenvalue weighted by Gasteiger charge is 2.29. The van der Waals surface area contributed by atoms with Gasteiger partial charge in [0.1, 0.15) is 11.1 Å². The van der Waals surface area contributed by atoms with Crippen LogP contribution in [0.25, 0.3) is 11.0 Å². The van der Waals surface area contributed by atoms with Crippen LogP contribution in [0.5, 0.6) is 0 Å². The highest BCUT2D eigenvalue weighted by atomic mass is 35.5. The van der Waals surface area contributed by atoms with Crippen LogP contribution in [-0.4, -0.2) is 38.3 Å². The minimum atomic E-state index is -0.674. The van der Waals surface area contributed by atoms with E-state index in [-0.39, 0.29) is 30.1 Å². The van der Waals surface area contributed by atoms with Crippen molar-refractivity contribution >= 4 is 40.9 Å². The minimum absolute atomic E-state index is 0. The fourth-order valence-corrected chi connectivity index (χ4v) is 2.73. The Hall–Kier alpha value is -1.60. The Kier molecular flexibility index (Phi) is 5.64. The van der Waals surface area contributed by atoms with Gasteiger partial charge in [0.05, 0.1) is 12.1 Å². The van der Waals surface area contributed by atoms with Gasteiger partial charge >= 0.3 is 5.63 Å². The predicted octanol–water partition coefficient (Wildman–Crippen LogP) is 1.58. The standard InChI is InChI=1S/C15H15ClN2O4.ClH/c1-21-13-7-17-6-11(13)18-14(19)10-5-8-4-9(16)2-3-12(8)22-15(10)20;/h2-5,11,13,17H,6-7H2,1H3,(H,18,19);1H/t11-,13-;/m0./s1. The molecule has 1 aliphatic rings. The van der Waals surface area contributed by atoms with Gasteiger partial charge in [0.2, 0.25) is 0 Å². The van der Waals surface area contributed by atoms with Gasteiger partial charge in [0, 0.05) is 30.6 Å². The Morgan fingerprint density at radius 2 is 2.17 bits per heavy atom. The fourth-order valence-electron chi connectivity index (χ4n) is 2.55. The lowest BCUT2D eigenvalue weighted by Crippen LogP contribution is -2.44. The van der Waals surface area contributed by atoms with Gasteiger partial charge in [0.25, 0.3) is 5.91 Å². The monoisotopic (exact) mass is 358 g/mol. The fraction of sp³-hybridized carbons (Fsp3) is 0.333. The summed E-state index contributed by atoms with van der Waals surface area (Å²) < 4.78 is 10.4. The minimum Gasteiger partial charge on any atom is -0.422 e. The maximum atomic E-state index is 12.3. The van der Waals surface area contributed by atoms with Gasteiger partial charge in [-0.2, -0.15) is 0 Å². The first-order valence-electron chi connectivity index (χ1n) is 6.86. The molecule has 124 valence electrons. The van der Waals surface area contributed by atoms with E-state index < -0.39 is 11.5 Å². The van der Waals surface area contributed by atoms with Crippen LogP contribution in [0.4, 0.5) is 0 Å². The predicted molar refractivity (Wildman–Crippen MR) is 89.7 cm³/mol. The molecule has 8 heteroatoms. The van der Waals surface area contributed by atoms with Gasteiger partial charge < -0.3 is 19.8 Å². The van der Waals surface area contributed by atoms with Crippen molar-refractivity contribution in [1.82, 2.24) is 10.6 Å². The van der Waals surface area contributed by atoms with Gasteiger partial charge in [-0.05, 0) is 24.3 Å². The number of halogens is 2. The maximum absolute atomic E-state index is 12.3. The zero-order valence-corrected chi connectivity index (χ0v) is 13.9. The third-order valence-corrected chi connectivity index (χ3v) is 3.95. The number of fused-ring (bicyclic) bond motifs is 1. The third-order valence-electron chi connectivity index (χ3n) is 3.72. The molecule has 1 aliphatic heterocycles. The van der Waals surface area contributed by atoms with Crippen molar-refractivity contribution in [3.05, 3.63) is 45.3 Å². The van der Waals surface area contributed by atoms with Crippen LogP contribution in [0, 0.1) is 0 Å². The summed E-state index contributed by atoms with van der Waals surface area (Å²) in [6.07, 6.45) is -0.120. The highest BCUT2D eigenvalue weighted by molar-refractivity contribution is 6.31. The largest absolute Gasteiger partial charge is 0.422 e. The molecule has 2 N–H and O–H groups in total. The first-order chi connectivity index (χ1) is 10.6. The van der Waals surface area contributed by atoms with Crippen molar-refractivity contribution in [2.24, 2.45) is 0 Å². The van der Waals surface area contributed by atoms with E-state index in [1.165, 1.54) is 6.07 Å². The van der Waals surface area contributed by atoms with Crippen LogP contribution in [0.2, 0.25) is 5.02 Å². The van der Waals surface area contributed by atoms with Crippen LogP contribution in [-0.2, 0) is 4.74 Å². The Morgan fingerprint density at radius 1 is 1.39 bits per heavy atom. The second-order valence-corrected chi connectivity index (χ2v) is 5.58. The molecule has 6 nitrogen and oxygen atoms in total. The second-order valence-electron chi connectivity index (χ2n) is 5.14. The Morgan fingerprint density at radius 3 is 2.91 bits per heavy atom. The van der Waals surface area contributed by atoms with Gasteiger partial charge in [0.15, 0.2) is 0 Å². The number of benzene rings is 1. The summed E-state index contributed by atoms with van der Waals surface area (Å²) in [5.41, 5.74) is -0.327. The number of amides is 1. The van der Waals surface area contributed by atoms with Crippen LogP contribution in [0.3, 0.4) is 0 Å². The van der Waals surface area contributed by atoms with Gasteiger partial charge in [-0.1, -0.05) is 11.6 Å². The van der Waals surface area contributed by atoms with Crippen LogP contribution in [0.1, 0.15) is 10.4 Å². The SMILES string of the molecule is CO[C@H]1CNC[C@@H]1NC(=O)c1cc2cc(Cl)ccc2oc1=O.Cl. The van der Waals surface area contributed by atoms with E-state index in [4.69, 9.17) is 20.8 Å². The van der Waals surface area contributed by atoms with Crippen LogP contribution < -0.4 is 16.3 Å². The Labute approximate surface area is 143 Å². The molecule has 1 aromatic carbocycles. The molecule has 2 aromatic rings. The molecule has 2 atom stereocenters. The normalized spacial score (nSPS) is 20.3. The molecule has 0 spiro atoms. The van der Waals surface area contributed by atoms with E-state index in [9.17, 15) is 9.59 Å². The van der Waals surface area contributed by atoms with E-state index >= 15 is 0 Å². The number of hydrogen-bond acceptors (Lipinski definition) is 5. The van der Waals surface area contributed by atoms with Crippen LogP contribution >= 0.6 is 24.0 Å². The molecule has 1 fully saturated rings. The second kappa shape index (κ2) is 7.31. The molecule has 0 aliphatic carbocycles. The zero-order valence-electron chi connectivity index (χ0n) is 12.3. The molecule has 2 heterocycles. The topological polar surface area (TPSA) is 80.6 Å². The molecular formula is C15H16Cl2N2O4. The van der Waals surface area contributed by atoms with Crippen molar-refractivity contribution in [3.8, 4) is 0 Å². The van der Waals surface area contributed by atoms with Crippen molar-refractivity contribution in [2.75, 3.05) is 20.2 Å². The molecule has 3 rings (SSSR count). The van der Waals surface area contributed by atoms with Crippen molar-refractivity contribution < 1.29 is 13.9 Å². The lowest BCUT2D eigenvalue weighted by molar-refractivity contribution is 0.0777. The maximum Gasteiger partial charge on any atom is 0.349 e. The van der Waals surface area contributed by atoms with Gasteiger partial charge in [-0.25, -0.2) is 4.79 Å². The van der Waals surface area contributed by atoms with E-state index in [0.29, 0.717) is 29.1 Å². The van der Waals surface area contributed by atoms with Gasteiger partial charge in [-0.3, -0.25) is 4.79 Å². The summed E-state index contributed by atoms with van der Waals surface area (Å²) in [6.45, 7) is 1.25. The van der Waals surface area contributed by atoms with Gasteiger partial charge in [-0.15, -0.1) is 12.4 Å². The summed E-state index contributed by atoms with van der Waals surface area (Å²) in [5.74, 6) is -0.480. The first-order valence-corrected chi connectivity index (χ1v) is 7.24. The summed E-state index contributed by atoms with van der Waals surface area (Å²) in [5, 5.41) is 7.03. The van der Waals surface area contributed by atoms with E-state index in [1.807, 2.05) is 0 Å². The van der Waals surface area contributed by atoms with E-state index in [2.05, 4.69) is 10.6 Å². The summed E-state index contributed by atoms with van der Waals surface area (Å²) >= 11 is 5.92. The Bertz CT molecular complexity index is 778.